The van der Waals surface area contributed by atoms with Gasteiger partial charge in [-0.3, -0.25) is 4.18 Å². The van der Waals surface area contributed by atoms with Crippen LogP contribution in [0.15, 0.2) is 35.2 Å². The van der Waals surface area contributed by atoms with Gasteiger partial charge in [-0.05, 0) is 18.6 Å². The average molecular weight is 378 g/mol. The Bertz CT molecular complexity index is 474. The van der Waals surface area contributed by atoms with E-state index in [0.717, 1.165) is 12.8 Å². The van der Waals surface area contributed by atoms with E-state index in [1.54, 1.807) is 30.3 Å². The molecule has 1 aromatic carbocycles. The molecule has 0 unspecified atom stereocenters. The Kier molecular flexibility index (Phi) is 13.8. The van der Waals surface area contributed by atoms with Crippen LogP contribution in [0.4, 0.5) is 0 Å². The molecule has 0 saturated carbocycles. The quantitative estimate of drug-likeness (QED) is 0.345. The van der Waals surface area contributed by atoms with Crippen LogP contribution in [0.1, 0.15) is 71.1 Å². The Hall–Kier alpha value is -0.338. The molecule has 0 fully saturated rings. The van der Waals surface area contributed by atoms with Crippen molar-refractivity contribution in [2.75, 3.05) is 6.61 Å². The topological polar surface area (TPSA) is 43.4 Å². The van der Waals surface area contributed by atoms with E-state index in [1.165, 1.54) is 51.4 Å². The maximum absolute atomic E-state index is 11.9. The molecule has 0 aliphatic carbocycles. The van der Waals surface area contributed by atoms with Gasteiger partial charge in [-0.15, -0.1) is 0 Å². The summed E-state index contributed by atoms with van der Waals surface area (Å²) in [6, 6.07) is 8.33. The van der Waals surface area contributed by atoms with Gasteiger partial charge >= 0.3 is 0 Å². The van der Waals surface area contributed by atoms with Crippen LogP contribution in [0.2, 0.25) is 0 Å². The normalized spacial score (nSPS) is 11.2. The van der Waals surface area contributed by atoms with E-state index in [1.807, 2.05) is 0 Å². The Morgan fingerprint density at radius 2 is 1.26 bits per heavy atom. The first kappa shape index (κ1) is 22.7. The molecule has 0 saturated heterocycles. The van der Waals surface area contributed by atoms with Crippen molar-refractivity contribution >= 4 is 10.1 Å². The molecule has 0 bridgehead atoms. The summed E-state index contributed by atoms with van der Waals surface area (Å²) in [5.41, 5.74) is 0. The molecule has 5 heteroatoms. The second-order valence-corrected chi connectivity index (χ2v) is 7.39. The largest absolute Gasteiger partial charge is 0.296 e. The van der Waals surface area contributed by atoms with Crippen molar-refractivity contribution in [3.8, 4) is 0 Å². The van der Waals surface area contributed by atoms with E-state index in [-0.39, 0.29) is 28.9 Å². The molecule has 1 rings (SSSR count). The second-order valence-electron chi connectivity index (χ2n) is 5.77. The smallest absolute Gasteiger partial charge is 0.266 e. The van der Waals surface area contributed by atoms with Gasteiger partial charge in [0.1, 0.15) is 0 Å². The van der Waals surface area contributed by atoms with Crippen LogP contribution in [-0.4, -0.2) is 15.0 Å². The second kappa shape index (κ2) is 14.0. The van der Waals surface area contributed by atoms with Gasteiger partial charge in [0, 0.05) is 17.4 Å². The number of benzene rings is 1. The molecular formula is C18H30CrO3S. The average Bonchev–Trinajstić information content (AvgIpc) is 2.53. The number of rotatable bonds is 13. The molecule has 0 aromatic heterocycles. The Balaban J connectivity index is 0.00000484. The molecular weight excluding hydrogens is 348 g/mol. The van der Waals surface area contributed by atoms with Crippen LogP contribution in [0.3, 0.4) is 0 Å². The van der Waals surface area contributed by atoms with Gasteiger partial charge in [-0.25, -0.2) is 0 Å². The molecule has 3 nitrogen and oxygen atoms in total. The van der Waals surface area contributed by atoms with Crippen LogP contribution >= 0.6 is 0 Å². The SMILES string of the molecule is CCCCCCCCCCCCOS(=O)(=O)c1ccccc1.[Cr]. The Morgan fingerprint density at radius 1 is 0.783 bits per heavy atom. The van der Waals surface area contributed by atoms with Gasteiger partial charge in [0.25, 0.3) is 10.1 Å². The standard InChI is InChI=1S/C18H30O3S.Cr/c1-2-3-4-5-6-7-8-9-10-14-17-21-22(19,20)18-15-12-11-13-16-18;/h11-13,15-16H,2-10,14,17H2,1H3;. The van der Waals surface area contributed by atoms with Gasteiger partial charge < -0.3 is 0 Å². The third kappa shape index (κ3) is 10.9. The van der Waals surface area contributed by atoms with Crippen LogP contribution in [-0.2, 0) is 31.7 Å². The monoisotopic (exact) mass is 378 g/mol. The molecule has 0 atom stereocenters. The summed E-state index contributed by atoms with van der Waals surface area (Å²) in [5.74, 6) is 0. The van der Waals surface area contributed by atoms with E-state index >= 15 is 0 Å². The maximum Gasteiger partial charge on any atom is 0.296 e. The van der Waals surface area contributed by atoms with Crippen LogP contribution < -0.4 is 0 Å². The van der Waals surface area contributed by atoms with Gasteiger partial charge in [0.2, 0.25) is 0 Å². The van der Waals surface area contributed by atoms with Crippen molar-refractivity contribution in [2.45, 2.75) is 76.0 Å². The summed E-state index contributed by atoms with van der Waals surface area (Å²) in [7, 11) is -3.57. The van der Waals surface area contributed by atoms with Crippen molar-refractivity contribution in [3.63, 3.8) is 0 Å². The number of hydrogen-bond donors (Lipinski definition) is 0. The van der Waals surface area contributed by atoms with Gasteiger partial charge in [0.15, 0.2) is 0 Å². The zero-order chi connectivity index (χ0) is 16.1. The van der Waals surface area contributed by atoms with E-state index in [9.17, 15) is 8.42 Å². The Labute approximate surface area is 153 Å². The van der Waals surface area contributed by atoms with Crippen LogP contribution in [0.5, 0.6) is 0 Å². The molecule has 0 aliphatic rings. The summed E-state index contributed by atoms with van der Waals surface area (Å²) in [5, 5.41) is 0. The molecule has 0 amide bonds. The minimum absolute atomic E-state index is 0. The summed E-state index contributed by atoms with van der Waals surface area (Å²) >= 11 is 0. The third-order valence-electron chi connectivity index (χ3n) is 3.77. The van der Waals surface area contributed by atoms with Gasteiger partial charge in [-0.1, -0.05) is 82.9 Å². The molecule has 0 radical (unpaired) electrons. The summed E-state index contributed by atoms with van der Waals surface area (Å²) in [6.07, 6.45) is 12.3. The third-order valence-corrected chi connectivity index (χ3v) is 5.09. The van der Waals surface area contributed by atoms with E-state index in [0.29, 0.717) is 0 Å². The molecule has 0 N–H and O–H groups in total. The van der Waals surface area contributed by atoms with Crippen molar-refractivity contribution in [1.82, 2.24) is 0 Å². The Morgan fingerprint density at radius 3 is 1.78 bits per heavy atom. The number of hydrogen-bond acceptors (Lipinski definition) is 3. The zero-order valence-electron chi connectivity index (χ0n) is 14.2. The van der Waals surface area contributed by atoms with Gasteiger partial charge in [0.05, 0.1) is 11.5 Å². The van der Waals surface area contributed by atoms with Crippen LogP contribution in [0.25, 0.3) is 0 Å². The first-order chi connectivity index (χ1) is 10.7. The van der Waals surface area contributed by atoms with E-state index in [2.05, 4.69) is 6.92 Å². The minimum atomic E-state index is -3.57. The summed E-state index contributed by atoms with van der Waals surface area (Å²) < 4.78 is 28.8. The van der Waals surface area contributed by atoms with E-state index < -0.39 is 10.1 Å². The predicted molar refractivity (Wildman–Crippen MR) is 91.4 cm³/mol. The first-order valence-corrected chi connectivity index (χ1v) is 10.0. The minimum Gasteiger partial charge on any atom is -0.266 e. The van der Waals surface area contributed by atoms with E-state index in [4.69, 9.17) is 4.18 Å². The summed E-state index contributed by atoms with van der Waals surface area (Å²) in [6.45, 7) is 2.52. The maximum atomic E-state index is 11.9. The van der Waals surface area contributed by atoms with Crippen molar-refractivity contribution in [2.24, 2.45) is 0 Å². The van der Waals surface area contributed by atoms with Crippen molar-refractivity contribution in [3.05, 3.63) is 30.3 Å². The summed E-state index contributed by atoms with van der Waals surface area (Å²) in [4.78, 5) is 0.238. The first-order valence-electron chi connectivity index (χ1n) is 8.61. The molecule has 0 aliphatic heterocycles. The van der Waals surface area contributed by atoms with Crippen LogP contribution in [0, 0.1) is 0 Å². The molecule has 0 spiro atoms. The molecule has 0 heterocycles. The fraction of sp³-hybridized carbons (Fsp3) is 0.667. The predicted octanol–water partition coefficient (Wildman–Crippen LogP) is 5.31. The van der Waals surface area contributed by atoms with Crippen molar-refractivity contribution in [1.29, 1.82) is 0 Å². The number of unbranched alkanes of at least 4 members (excludes halogenated alkanes) is 9. The zero-order valence-corrected chi connectivity index (χ0v) is 16.3. The molecule has 23 heavy (non-hydrogen) atoms. The van der Waals surface area contributed by atoms with Gasteiger partial charge in [-0.2, -0.15) is 8.42 Å². The molecule has 132 valence electrons. The fourth-order valence-electron chi connectivity index (χ4n) is 2.41. The molecule has 1 aromatic rings. The van der Waals surface area contributed by atoms with Crippen molar-refractivity contribution < 1.29 is 30.0 Å². The fourth-order valence-corrected chi connectivity index (χ4v) is 3.38.